The summed E-state index contributed by atoms with van der Waals surface area (Å²) in [4.78, 5) is 2.24. The lowest BCUT2D eigenvalue weighted by Gasteiger charge is -2.24. The van der Waals surface area contributed by atoms with E-state index < -0.39 is 0 Å². The van der Waals surface area contributed by atoms with Gasteiger partial charge in [-0.2, -0.15) is 0 Å². The van der Waals surface area contributed by atoms with Crippen molar-refractivity contribution < 1.29 is 5.21 Å². The van der Waals surface area contributed by atoms with Crippen LogP contribution in [0.3, 0.4) is 0 Å². The molecule has 0 unspecified atom stereocenters. The van der Waals surface area contributed by atoms with E-state index in [0.29, 0.717) is 0 Å². The molecule has 112 valence electrons. The van der Waals surface area contributed by atoms with E-state index in [0.717, 1.165) is 31.0 Å². The average Bonchev–Trinajstić information content (AvgIpc) is 2.37. The van der Waals surface area contributed by atoms with Crippen LogP contribution in [0.1, 0.15) is 32.3 Å². The molecule has 0 aromatic heterocycles. The first-order valence-electron chi connectivity index (χ1n) is 6.76. The summed E-state index contributed by atoms with van der Waals surface area (Å²) in [6.45, 7) is 5.79. The number of benzene rings is 1. The van der Waals surface area contributed by atoms with Crippen molar-refractivity contribution in [1.29, 1.82) is 0 Å². The first-order chi connectivity index (χ1) is 9.35. The number of hydrogen-bond donors (Lipinski definition) is 2. The predicted octanol–water partition coefficient (Wildman–Crippen LogP) is 3.32. The smallest absolute Gasteiger partial charge is 0.144 e. The molecule has 0 saturated heterocycles. The molecule has 20 heavy (non-hydrogen) atoms. The molecule has 3 N–H and O–H groups in total. The fourth-order valence-electron chi connectivity index (χ4n) is 2.08. The Bertz CT molecular complexity index is 460. The highest BCUT2D eigenvalue weighted by Gasteiger charge is 2.23. The molecule has 0 bridgehead atoms. The van der Waals surface area contributed by atoms with E-state index in [2.05, 4.69) is 23.2 Å². The summed E-state index contributed by atoms with van der Waals surface area (Å²) < 4.78 is 0. The average molecular weight is 298 g/mol. The standard InChI is InChI=1S/C15H24ClN3O/c1-15(2,14(17)18-20)8-5-9-19(3)11-12-6-4-7-13(16)10-12/h4,6-7,10,20H,5,8-9,11H2,1-3H3,(H2,17,18). The van der Waals surface area contributed by atoms with E-state index in [4.69, 9.17) is 22.5 Å². The van der Waals surface area contributed by atoms with Crippen molar-refractivity contribution in [2.45, 2.75) is 33.2 Å². The molecule has 1 rings (SSSR count). The molecule has 0 amide bonds. The van der Waals surface area contributed by atoms with Gasteiger partial charge in [0.05, 0.1) is 0 Å². The third-order valence-corrected chi connectivity index (χ3v) is 3.72. The van der Waals surface area contributed by atoms with Gasteiger partial charge in [0.2, 0.25) is 0 Å². The second-order valence-corrected chi connectivity index (χ2v) is 6.28. The Hall–Kier alpha value is -1.26. The van der Waals surface area contributed by atoms with Crippen molar-refractivity contribution in [3.8, 4) is 0 Å². The minimum atomic E-state index is -0.272. The van der Waals surface area contributed by atoms with Crippen LogP contribution in [0.5, 0.6) is 0 Å². The number of nitrogens with two attached hydrogens (primary N) is 1. The van der Waals surface area contributed by atoms with E-state index in [1.807, 2.05) is 32.0 Å². The van der Waals surface area contributed by atoms with E-state index in [1.165, 1.54) is 5.56 Å². The molecule has 4 nitrogen and oxygen atoms in total. The third kappa shape index (κ3) is 5.39. The predicted molar refractivity (Wildman–Crippen MR) is 84.2 cm³/mol. The minimum Gasteiger partial charge on any atom is -0.409 e. The van der Waals surface area contributed by atoms with Crippen molar-refractivity contribution >= 4 is 17.4 Å². The van der Waals surface area contributed by atoms with E-state index >= 15 is 0 Å². The number of rotatable bonds is 7. The molecule has 0 heterocycles. The molecule has 0 fully saturated rings. The second kappa shape index (κ2) is 7.50. The first-order valence-corrected chi connectivity index (χ1v) is 7.14. The summed E-state index contributed by atoms with van der Waals surface area (Å²) in [5.41, 5.74) is 6.61. The number of amidine groups is 1. The van der Waals surface area contributed by atoms with Crippen LogP contribution in [0.2, 0.25) is 5.02 Å². The summed E-state index contributed by atoms with van der Waals surface area (Å²) in [5, 5.41) is 12.6. The molecule has 0 aliphatic heterocycles. The Kier molecular flexibility index (Phi) is 6.30. The molecule has 0 aliphatic carbocycles. The first kappa shape index (κ1) is 16.8. The van der Waals surface area contributed by atoms with E-state index in [-0.39, 0.29) is 11.3 Å². The van der Waals surface area contributed by atoms with Crippen molar-refractivity contribution in [3.63, 3.8) is 0 Å². The summed E-state index contributed by atoms with van der Waals surface area (Å²) in [6, 6.07) is 7.90. The fraction of sp³-hybridized carbons (Fsp3) is 0.533. The molecule has 0 aliphatic rings. The molecule has 0 saturated carbocycles. The zero-order valence-corrected chi connectivity index (χ0v) is 13.2. The molecule has 1 aromatic carbocycles. The maximum Gasteiger partial charge on any atom is 0.144 e. The van der Waals surface area contributed by atoms with Crippen molar-refractivity contribution in [3.05, 3.63) is 34.9 Å². The van der Waals surface area contributed by atoms with Crippen LogP contribution in [0.25, 0.3) is 0 Å². The van der Waals surface area contributed by atoms with Gasteiger partial charge in [0.15, 0.2) is 0 Å². The van der Waals surface area contributed by atoms with E-state index in [9.17, 15) is 0 Å². The third-order valence-electron chi connectivity index (χ3n) is 3.48. The van der Waals surface area contributed by atoms with Gasteiger partial charge in [0, 0.05) is 17.0 Å². The summed E-state index contributed by atoms with van der Waals surface area (Å²) in [6.07, 6.45) is 1.86. The van der Waals surface area contributed by atoms with Crippen molar-refractivity contribution in [2.24, 2.45) is 16.3 Å². The number of oxime groups is 1. The van der Waals surface area contributed by atoms with Crippen LogP contribution in [0, 0.1) is 5.41 Å². The Morgan fingerprint density at radius 3 is 2.75 bits per heavy atom. The van der Waals surface area contributed by atoms with Crippen LogP contribution in [-0.4, -0.2) is 29.5 Å². The normalized spacial score (nSPS) is 12.9. The Balaban J connectivity index is 2.39. The zero-order valence-electron chi connectivity index (χ0n) is 12.4. The maximum atomic E-state index is 8.74. The number of nitrogens with zero attached hydrogens (tertiary/aromatic N) is 2. The summed E-state index contributed by atoms with van der Waals surface area (Å²) in [7, 11) is 2.08. The zero-order chi connectivity index (χ0) is 15.2. The van der Waals surface area contributed by atoms with Crippen LogP contribution in [0.4, 0.5) is 0 Å². The fourth-order valence-corrected chi connectivity index (χ4v) is 2.29. The second-order valence-electron chi connectivity index (χ2n) is 5.84. The Morgan fingerprint density at radius 2 is 2.15 bits per heavy atom. The largest absolute Gasteiger partial charge is 0.409 e. The topological polar surface area (TPSA) is 61.8 Å². The van der Waals surface area contributed by atoms with Crippen molar-refractivity contribution in [2.75, 3.05) is 13.6 Å². The number of halogens is 1. The molecule has 5 heteroatoms. The SMILES string of the molecule is CN(CCCC(C)(C)C(N)=NO)Cc1cccc(Cl)c1. The van der Waals surface area contributed by atoms with Gasteiger partial charge in [-0.15, -0.1) is 0 Å². The highest BCUT2D eigenvalue weighted by molar-refractivity contribution is 6.30. The Labute approximate surface area is 126 Å². The van der Waals surface area contributed by atoms with Crippen LogP contribution in [0.15, 0.2) is 29.4 Å². The summed E-state index contributed by atoms with van der Waals surface area (Å²) in [5.74, 6) is 0.287. The number of hydrogen-bond acceptors (Lipinski definition) is 3. The monoisotopic (exact) mass is 297 g/mol. The molecule has 0 radical (unpaired) electrons. The molecular formula is C15H24ClN3O. The highest BCUT2D eigenvalue weighted by atomic mass is 35.5. The lowest BCUT2D eigenvalue weighted by atomic mass is 9.86. The Morgan fingerprint density at radius 1 is 1.45 bits per heavy atom. The summed E-state index contributed by atoms with van der Waals surface area (Å²) >= 11 is 5.97. The van der Waals surface area contributed by atoms with Gasteiger partial charge < -0.3 is 15.8 Å². The van der Waals surface area contributed by atoms with Gasteiger partial charge in [-0.25, -0.2) is 0 Å². The lowest BCUT2D eigenvalue weighted by molar-refractivity contribution is 0.287. The van der Waals surface area contributed by atoms with Crippen molar-refractivity contribution in [1.82, 2.24) is 4.90 Å². The quantitative estimate of drug-likeness (QED) is 0.351. The molecular weight excluding hydrogens is 274 g/mol. The van der Waals surface area contributed by atoms with Gasteiger partial charge in [0.25, 0.3) is 0 Å². The highest BCUT2D eigenvalue weighted by Crippen LogP contribution is 2.22. The molecule has 1 aromatic rings. The van der Waals surface area contributed by atoms with Crippen LogP contribution in [-0.2, 0) is 6.54 Å². The van der Waals surface area contributed by atoms with Gasteiger partial charge >= 0.3 is 0 Å². The maximum absolute atomic E-state index is 8.74. The van der Waals surface area contributed by atoms with Crippen LogP contribution >= 0.6 is 11.6 Å². The van der Waals surface area contributed by atoms with E-state index in [1.54, 1.807) is 0 Å². The van der Waals surface area contributed by atoms with Gasteiger partial charge in [-0.3, -0.25) is 0 Å². The lowest BCUT2D eigenvalue weighted by Crippen LogP contribution is -2.32. The van der Waals surface area contributed by atoms with Gasteiger partial charge in [0.1, 0.15) is 5.84 Å². The van der Waals surface area contributed by atoms with Crippen LogP contribution < -0.4 is 5.73 Å². The van der Waals surface area contributed by atoms with Gasteiger partial charge in [-0.05, 0) is 44.1 Å². The molecule has 0 atom stereocenters. The molecule has 0 spiro atoms. The van der Waals surface area contributed by atoms with Gasteiger partial charge in [-0.1, -0.05) is 42.7 Å². The minimum absolute atomic E-state index is 0.272.